The van der Waals surface area contributed by atoms with Crippen LogP contribution >= 0.6 is 0 Å². The number of carbonyl (C=O) groups excluding carboxylic acids is 1. The number of benzene rings is 1. The van der Waals surface area contributed by atoms with Gasteiger partial charge in [0.2, 0.25) is 0 Å². The Kier molecular flexibility index (Phi) is 5.48. The lowest BCUT2D eigenvalue weighted by Crippen LogP contribution is -2.40. The SMILES string of the molecule is Cc1c(C(=O)N(C)C[C@@H]2CCCN(C)C2)nnn1Cc1ccccc1. The molecular weight excluding hydrogens is 314 g/mol. The fraction of sp³-hybridized carbons (Fsp3) is 0.526. The molecule has 0 aliphatic carbocycles. The van der Waals surface area contributed by atoms with Crippen LogP contribution in [0.1, 0.15) is 34.6 Å². The van der Waals surface area contributed by atoms with Crippen LogP contribution in [-0.2, 0) is 6.54 Å². The summed E-state index contributed by atoms with van der Waals surface area (Å²) >= 11 is 0. The fourth-order valence-corrected chi connectivity index (χ4v) is 3.54. The number of hydrogen-bond acceptors (Lipinski definition) is 4. The van der Waals surface area contributed by atoms with E-state index in [-0.39, 0.29) is 5.91 Å². The van der Waals surface area contributed by atoms with E-state index in [9.17, 15) is 4.79 Å². The molecule has 1 aliphatic rings. The maximum absolute atomic E-state index is 12.8. The van der Waals surface area contributed by atoms with Crippen LogP contribution in [-0.4, -0.2) is 64.4 Å². The van der Waals surface area contributed by atoms with E-state index < -0.39 is 0 Å². The highest BCUT2D eigenvalue weighted by Gasteiger charge is 2.24. The van der Waals surface area contributed by atoms with Gasteiger partial charge in [0.05, 0.1) is 12.2 Å². The van der Waals surface area contributed by atoms with Crippen LogP contribution in [0.4, 0.5) is 0 Å². The quantitative estimate of drug-likeness (QED) is 0.835. The lowest BCUT2D eigenvalue weighted by Gasteiger charge is -2.32. The second-order valence-corrected chi connectivity index (χ2v) is 7.12. The van der Waals surface area contributed by atoms with E-state index in [1.54, 1.807) is 9.58 Å². The first-order valence-electron chi connectivity index (χ1n) is 8.92. The Morgan fingerprint density at radius 1 is 1.32 bits per heavy atom. The van der Waals surface area contributed by atoms with Crippen molar-refractivity contribution in [2.24, 2.45) is 5.92 Å². The zero-order chi connectivity index (χ0) is 17.8. The average Bonchev–Trinajstić information content (AvgIpc) is 2.96. The monoisotopic (exact) mass is 341 g/mol. The van der Waals surface area contributed by atoms with Crippen LogP contribution in [0, 0.1) is 12.8 Å². The summed E-state index contributed by atoms with van der Waals surface area (Å²) in [5.74, 6) is 0.498. The molecule has 0 radical (unpaired) electrons. The molecule has 1 saturated heterocycles. The van der Waals surface area contributed by atoms with Crippen molar-refractivity contribution < 1.29 is 4.79 Å². The molecule has 2 aromatic rings. The molecule has 0 unspecified atom stereocenters. The Labute approximate surface area is 149 Å². The van der Waals surface area contributed by atoms with Gasteiger partial charge in [-0.3, -0.25) is 4.79 Å². The Bertz CT molecular complexity index is 712. The number of carbonyl (C=O) groups is 1. The lowest BCUT2D eigenvalue weighted by atomic mass is 9.98. The molecule has 0 saturated carbocycles. The summed E-state index contributed by atoms with van der Waals surface area (Å²) in [6.45, 7) is 5.52. The maximum Gasteiger partial charge on any atom is 0.276 e. The second kappa shape index (κ2) is 7.78. The number of nitrogens with zero attached hydrogens (tertiary/aromatic N) is 5. The van der Waals surface area contributed by atoms with Crippen LogP contribution in [0.3, 0.4) is 0 Å². The molecule has 6 nitrogen and oxygen atoms in total. The van der Waals surface area contributed by atoms with Crippen LogP contribution in [0.25, 0.3) is 0 Å². The molecule has 134 valence electrons. The smallest absolute Gasteiger partial charge is 0.276 e. The molecule has 6 heteroatoms. The lowest BCUT2D eigenvalue weighted by molar-refractivity contribution is 0.0734. The van der Waals surface area contributed by atoms with E-state index in [0.29, 0.717) is 18.2 Å². The number of rotatable bonds is 5. The summed E-state index contributed by atoms with van der Waals surface area (Å²) in [6.07, 6.45) is 2.39. The van der Waals surface area contributed by atoms with Crippen LogP contribution < -0.4 is 0 Å². The van der Waals surface area contributed by atoms with Gasteiger partial charge in [0, 0.05) is 20.1 Å². The highest BCUT2D eigenvalue weighted by atomic mass is 16.2. The van der Waals surface area contributed by atoms with Crippen molar-refractivity contribution in [3.63, 3.8) is 0 Å². The molecular formula is C19H27N5O. The number of aromatic nitrogens is 3. The standard InChI is InChI=1S/C19H27N5O/c1-15-18(20-21-24(15)14-16-8-5-4-6-9-16)19(25)23(3)13-17-10-7-11-22(2)12-17/h4-6,8-9,17H,7,10-14H2,1-3H3/t17-/m1/s1. The van der Waals surface area contributed by atoms with E-state index in [2.05, 4.69) is 22.3 Å². The highest BCUT2D eigenvalue weighted by Crippen LogP contribution is 2.17. The van der Waals surface area contributed by atoms with Gasteiger partial charge in [0.1, 0.15) is 0 Å². The minimum absolute atomic E-state index is 0.0370. The topological polar surface area (TPSA) is 54.3 Å². The third-order valence-electron chi connectivity index (χ3n) is 4.96. The Morgan fingerprint density at radius 3 is 2.80 bits per heavy atom. The third kappa shape index (κ3) is 4.25. The van der Waals surface area contributed by atoms with Crippen molar-refractivity contribution in [3.8, 4) is 0 Å². The predicted molar refractivity (Wildman–Crippen MR) is 97.5 cm³/mol. The summed E-state index contributed by atoms with van der Waals surface area (Å²) < 4.78 is 1.80. The highest BCUT2D eigenvalue weighted by molar-refractivity contribution is 5.93. The molecule has 1 aromatic heterocycles. The first-order chi connectivity index (χ1) is 12.0. The summed E-state index contributed by atoms with van der Waals surface area (Å²) in [5.41, 5.74) is 2.43. The Morgan fingerprint density at radius 2 is 2.08 bits per heavy atom. The van der Waals surface area contributed by atoms with Gasteiger partial charge in [0.15, 0.2) is 5.69 Å². The molecule has 25 heavy (non-hydrogen) atoms. The molecule has 0 spiro atoms. The van der Waals surface area contributed by atoms with Gasteiger partial charge in [-0.15, -0.1) is 5.10 Å². The minimum atomic E-state index is -0.0370. The first-order valence-corrected chi connectivity index (χ1v) is 8.92. The van der Waals surface area contributed by atoms with E-state index >= 15 is 0 Å². The molecule has 1 atom stereocenters. The molecule has 1 aliphatic heterocycles. The molecule has 3 rings (SSSR count). The molecule has 1 fully saturated rings. The van der Waals surface area contributed by atoms with Gasteiger partial charge in [0.25, 0.3) is 5.91 Å². The normalized spacial score (nSPS) is 18.3. The van der Waals surface area contributed by atoms with E-state index in [4.69, 9.17) is 0 Å². The maximum atomic E-state index is 12.8. The Balaban J connectivity index is 1.65. The number of likely N-dealkylation sites (tertiary alicyclic amines) is 1. The van der Waals surface area contributed by atoms with Crippen LogP contribution in [0.15, 0.2) is 30.3 Å². The van der Waals surface area contributed by atoms with Gasteiger partial charge < -0.3 is 9.80 Å². The van der Waals surface area contributed by atoms with Crippen molar-refractivity contribution in [2.45, 2.75) is 26.3 Å². The number of amides is 1. The molecule has 0 bridgehead atoms. The van der Waals surface area contributed by atoms with Gasteiger partial charge in [-0.05, 0) is 44.8 Å². The van der Waals surface area contributed by atoms with Gasteiger partial charge in [-0.1, -0.05) is 35.5 Å². The van der Waals surface area contributed by atoms with Crippen molar-refractivity contribution in [1.82, 2.24) is 24.8 Å². The van der Waals surface area contributed by atoms with Gasteiger partial charge in [-0.25, -0.2) is 4.68 Å². The van der Waals surface area contributed by atoms with Crippen molar-refractivity contribution in [2.75, 3.05) is 33.7 Å². The third-order valence-corrected chi connectivity index (χ3v) is 4.96. The summed E-state index contributed by atoms with van der Waals surface area (Å²) in [4.78, 5) is 16.9. The molecule has 2 heterocycles. The van der Waals surface area contributed by atoms with E-state index in [1.807, 2.05) is 44.3 Å². The average molecular weight is 341 g/mol. The summed E-state index contributed by atoms with van der Waals surface area (Å²) in [6, 6.07) is 10.1. The second-order valence-electron chi connectivity index (χ2n) is 7.12. The molecule has 1 aromatic carbocycles. The fourth-order valence-electron chi connectivity index (χ4n) is 3.54. The van der Waals surface area contributed by atoms with Crippen LogP contribution in [0.5, 0.6) is 0 Å². The van der Waals surface area contributed by atoms with E-state index in [0.717, 1.165) is 30.9 Å². The van der Waals surface area contributed by atoms with Gasteiger partial charge >= 0.3 is 0 Å². The number of hydrogen-bond donors (Lipinski definition) is 0. The summed E-state index contributed by atoms with van der Waals surface area (Å²) in [5, 5.41) is 8.34. The van der Waals surface area contributed by atoms with Crippen LogP contribution in [0.2, 0.25) is 0 Å². The number of piperidine rings is 1. The van der Waals surface area contributed by atoms with E-state index in [1.165, 1.54) is 12.8 Å². The predicted octanol–water partition coefficient (Wildman–Crippen LogP) is 2.05. The van der Waals surface area contributed by atoms with Gasteiger partial charge in [-0.2, -0.15) is 0 Å². The molecule has 1 amide bonds. The largest absolute Gasteiger partial charge is 0.340 e. The zero-order valence-corrected chi connectivity index (χ0v) is 15.4. The minimum Gasteiger partial charge on any atom is -0.340 e. The van der Waals surface area contributed by atoms with Crippen molar-refractivity contribution in [3.05, 3.63) is 47.3 Å². The summed E-state index contributed by atoms with van der Waals surface area (Å²) in [7, 11) is 4.01. The van der Waals surface area contributed by atoms with Crippen molar-refractivity contribution in [1.29, 1.82) is 0 Å². The Hall–Kier alpha value is -2.21. The molecule has 0 N–H and O–H groups in total. The first kappa shape index (κ1) is 17.6. The van der Waals surface area contributed by atoms with Crippen molar-refractivity contribution >= 4 is 5.91 Å². The zero-order valence-electron chi connectivity index (χ0n) is 15.4.